The lowest BCUT2D eigenvalue weighted by Gasteiger charge is -2.51. The van der Waals surface area contributed by atoms with Crippen molar-refractivity contribution in [2.75, 3.05) is 39.8 Å². The molecular weight excluding hydrogens is 222 g/mol. The summed E-state index contributed by atoms with van der Waals surface area (Å²) in [7, 11) is 2.29. The Balaban J connectivity index is 1.64. The van der Waals surface area contributed by atoms with Gasteiger partial charge in [-0.15, -0.1) is 0 Å². The summed E-state index contributed by atoms with van der Waals surface area (Å²) in [5, 5.41) is 0. The lowest BCUT2D eigenvalue weighted by atomic mass is 9.94. The average Bonchev–Trinajstić information content (AvgIpc) is 2.38. The molecule has 0 aromatic carbocycles. The van der Waals surface area contributed by atoms with E-state index in [9.17, 15) is 0 Å². The van der Waals surface area contributed by atoms with Crippen molar-refractivity contribution >= 4 is 0 Å². The molecule has 3 rings (SSSR count). The van der Waals surface area contributed by atoms with E-state index >= 15 is 0 Å². The van der Waals surface area contributed by atoms with Crippen LogP contribution in [0.2, 0.25) is 0 Å². The summed E-state index contributed by atoms with van der Waals surface area (Å²) in [5.41, 5.74) is 0. The first kappa shape index (κ1) is 12.9. The molecule has 3 aliphatic heterocycles. The molecule has 3 atom stereocenters. The van der Waals surface area contributed by atoms with Gasteiger partial charge in [-0.3, -0.25) is 9.80 Å². The lowest BCUT2D eigenvalue weighted by Crippen LogP contribution is -2.63. The Morgan fingerprint density at radius 1 is 0.833 bits per heavy atom. The highest BCUT2D eigenvalue weighted by Gasteiger charge is 2.36. The van der Waals surface area contributed by atoms with E-state index in [-0.39, 0.29) is 0 Å². The van der Waals surface area contributed by atoms with Gasteiger partial charge in [0.05, 0.1) is 0 Å². The number of hydrogen-bond donors (Lipinski definition) is 0. The van der Waals surface area contributed by atoms with E-state index in [0.29, 0.717) is 0 Å². The van der Waals surface area contributed by atoms with E-state index in [2.05, 4.69) is 28.7 Å². The molecule has 0 radical (unpaired) electrons. The second kappa shape index (κ2) is 5.48. The molecular formula is C15H29N3. The minimum atomic E-state index is 0.760. The van der Waals surface area contributed by atoms with E-state index < -0.39 is 0 Å². The van der Waals surface area contributed by atoms with Gasteiger partial charge in [0.2, 0.25) is 0 Å². The van der Waals surface area contributed by atoms with Gasteiger partial charge in [-0.1, -0.05) is 6.42 Å². The van der Waals surface area contributed by atoms with Crippen molar-refractivity contribution in [2.45, 2.75) is 57.2 Å². The fourth-order valence-electron chi connectivity index (χ4n) is 4.29. The molecule has 104 valence electrons. The zero-order valence-electron chi connectivity index (χ0n) is 12.1. The molecule has 0 N–H and O–H groups in total. The normalized spacial score (nSPS) is 40.7. The molecule has 3 fully saturated rings. The van der Waals surface area contributed by atoms with Crippen molar-refractivity contribution in [3.05, 3.63) is 0 Å². The first-order valence-electron chi connectivity index (χ1n) is 7.92. The molecule has 0 aromatic rings. The van der Waals surface area contributed by atoms with Crippen LogP contribution in [0, 0.1) is 0 Å². The molecule has 0 amide bonds. The predicted octanol–water partition coefficient (Wildman–Crippen LogP) is 1.64. The van der Waals surface area contributed by atoms with Crippen molar-refractivity contribution in [2.24, 2.45) is 0 Å². The van der Waals surface area contributed by atoms with Gasteiger partial charge in [-0.25, -0.2) is 0 Å². The number of piperidine rings is 2. The minimum Gasteiger partial charge on any atom is -0.305 e. The highest BCUT2D eigenvalue weighted by atomic mass is 15.3. The van der Waals surface area contributed by atoms with E-state index in [1.165, 1.54) is 64.8 Å². The fourth-order valence-corrected chi connectivity index (χ4v) is 4.29. The number of hydrogen-bond acceptors (Lipinski definition) is 3. The van der Waals surface area contributed by atoms with E-state index in [4.69, 9.17) is 0 Å². The van der Waals surface area contributed by atoms with Gasteiger partial charge in [0.25, 0.3) is 0 Å². The summed E-state index contributed by atoms with van der Waals surface area (Å²) in [6.07, 6.45) is 7.12. The molecule has 0 spiro atoms. The molecule has 3 nitrogen and oxygen atoms in total. The first-order chi connectivity index (χ1) is 8.74. The van der Waals surface area contributed by atoms with Crippen LogP contribution < -0.4 is 0 Å². The Hall–Kier alpha value is -0.120. The summed E-state index contributed by atoms with van der Waals surface area (Å²) < 4.78 is 0. The lowest BCUT2D eigenvalue weighted by molar-refractivity contribution is -0.0232. The van der Waals surface area contributed by atoms with Gasteiger partial charge < -0.3 is 4.90 Å². The maximum absolute atomic E-state index is 2.84. The van der Waals surface area contributed by atoms with E-state index in [0.717, 1.165) is 18.1 Å². The van der Waals surface area contributed by atoms with Gasteiger partial charge in [0, 0.05) is 37.8 Å². The summed E-state index contributed by atoms with van der Waals surface area (Å²) >= 11 is 0. The Bertz CT molecular complexity index is 281. The summed E-state index contributed by atoms with van der Waals surface area (Å²) in [6.45, 7) is 9.03. The zero-order valence-corrected chi connectivity index (χ0v) is 12.1. The van der Waals surface area contributed by atoms with Gasteiger partial charge in [0.1, 0.15) is 0 Å². The summed E-state index contributed by atoms with van der Waals surface area (Å²) in [4.78, 5) is 8.12. The van der Waals surface area contributed by atoms with Crippen molar-refractivity contribution in [3.63, 3.8) is 0 Å². The molecule has 18 heavy (non-hydrogen) atoms. The van der Waals surface area contributed by atoms with E-state index in [1.54, 1.807) is 0 Å². The van der Waals surface area contributed by atoms with Gasteiger partial charge in [-0.05, 0) is 52.7 Å². The molecule has 3 unspecified atom stereocenters. The van der Waals surface area contributed by atoms with Crippen LogP contribution in [0.4, 0.5) is 0 Å². The summed E-state index contributed by atoms with van der Waals surface area (Å²) in [5.74, 6) is 0. The number of rotatable bonds is 1. The molecule has 3 saturated heterocycles. The van der Waals surface area contributed by atoms with Crippen LogP contribution in [-0.4, -0.2) is 72.6 Å². The molecule has 3 aliphatic rings. The molecule has 3 heteroatoms. The van der Waals surface area contributed by atoms with Crippen molar-refractivity contribution in [1.82, 2.24) is 14.7 Å². The smallest absolute Gasteiger partial charge is 0.0227 e. The van der Waals surface area contributed by atoms with Crippen molar-refractivity contribution in [1.29, 1.82) is 0 Å². The molecule has 0 saturated carbocycles. The molecule has 0 aromatic heterocycles. The van der Waals surface area contributed by atoms with Crippen LogP contribution in [0.5, 0.6) is 0 Å². The van der Waals surface area contributed by atoms with Crippen LogP contribution >= 0.6 is 0 Å². The number of likely N-dealkylation sites (N-methyl/N-ethyl adjacent to an activating group) is 1. The first-order valence-corrected chi connectivity index (χ1v) is 7.92. The molecule has 0 bridgehead atoms. The third-order valence-corrected chi connectivity index (χ3v) is 5.30. The Kier molecular flexibility index (Phi) is 3.92. The number of nitrogens with zero attached hydrogens (tertiary/aromatic N) is 3. The fraction of sp³-hybridized carbons (Fsp3) is 1.00. The van der Waals surface area contributed by atoms with Crippen LogP contribution in [0.1, 0.15) is 39.0 Å². The monoisotopic (exact) mass is 251 g/mol. The van der Waals surface area contributed by atoms with Crippen LogP contribution in [0.15, 0.2) is 0 Å². The van der Waals surface area contributed by atoms with Crippen LogP contribution in [0.25, 0.3) is 0 Å². The highest BCUT2D eigenvalue weighted by molar-refractivity contribution is 4.93. The van der Waals surface area contributed by atoms with Gasteiger partial charge >= 0.3 is 0 Å². The van der Waals surface area contributed by atoms with E-state index in [1.807, 2.05) is 0 Å². The Labute approximate surface area is 112 Å². The third-order valence-electron chi connectivity index (χ3n) is 5.30. The van der Waals surface area contributed by atoms with Crippen molar-refractivity contribution < 1.29 is 0 Å². The number of piperazine rings is 1. The largest absolute Gasteiger partial charge is 0.305 e. The van der Waals surface area contributed by atoms with Crippen LogP contribution in [0.3, 0.4) is 0 Å². The SMILES string of the molecule is CC1CN2CCCCC2CN1C1CCCN(C)C1. The van der Waals surface area contributed by atoms with Crippen molar-refractivity contribution in [3.8, 4) is 0 Å². The predicted molar refractivity (Wildman–Crippen MR) is 75.9 cm³/mol. The van der Waals surface area contributed by atoms with Crippen LogP contribution in [-0.2, 0) is 0 Å². The Morgan fingerprint density at radius 3 is 2.50 bits per heavy atom. The average molecular weight is 251 g/mol. The maximum Gasteiger partial charge on any atom is 0.0227 e. The molecule has 3 heterocycles. The Morgan fingerprint density at radius 2 is 1.67 bits per heavy atom. The molecule has 0 aliphatic carbocycles. The second-order valence-corrected chi connectivity index (χ2v) is 6.75. The number of likely N-dealkylation sites (tertiary alicyclic amines) is 1. The van der Waals surface area contributed by atoms with Gasteiger partial charge in [-0.2, -0.15) is 0 Å². The number of fused-ring (bicyclic) bond motifs is 1. The maximum atomic E-state index is 2.84. The highest BCUT2D eigenvalue weighted by Crippen LogP contribution is 2.27. The summed E-state index contributed by atoms with van der Waals surface area (Å²) in [6, 6.07) is 2.45. The second-order valence-electron chi connectivity index (χ2n) is 6.75. The third kappa shape index (κ3) is 2.59. The zero-order chi connectivity index (χ0) is 12.5. The topological polar surface area (TPSA) is 9.72 Å². The van der Waals surface area contributed by atoms with Gasteiger partial charge in [0.15, 0.2) is 0 Å². The standard InChI is InChI=1S/C15H29N3/c1-13-10-17-9-4-3-6-14(17)12-18(13)15-7-5-8-16(2)11-15/h13-15H,3-12H2,1-2H3. The quantitative estimate of drug-likeness (QED) is 0.701. The minimum absolute atomic E-state index is 0.760.